The predicted octanol–water partition coefficient (Wildman–Crippen LogP) is 3.26. The molecule has 0 aliphatic carbocycles. The average Bonchev–Trinajstić information content (AvgIpc) is 3.37. The predicted molar refractivity (Wildman–Crippen MR) is 108 cm³/mol. The molecule has 1 amide bonds. The fourth-order valence-corrected chi connectivity index (χ4v) is 2.73. The van der Waals surface area contributed by atoms with Crippen molar-refractivity contribution in [3.63, 3.8) is 0 Å². The van der Waals surface area contributed by atoms with Crippen LogP contribution in [-0.2, 0) is 6.54 Å². The van der Waals surface area contributed by atoms with E-state index in [4.69, 9.17) is 0 Å². The van der Waals surface area contributed by atoms with Gasteiger partial charge in [-0.05, 0) is 26.0 Å². The molecular formula is C20H20N7O2+. The number of amides is 1. The number of nitrogens with zero attached hydrogens (tertiary/aromatic N) is 4. The van der Waals surface area contributed by atoms with Gasteiger partial charge < -0.3 is 15.1 Å². The van der Waals surface area contributed by atoms with Gasteiger partial charge in [0.25, 0.3) is 5.91 Å². The number of hydrogen-bond donors (Lipinski definition) is 3. The van der Waals surface area contributed by atoms with Gasteiger partial charge in [-0.1, -0.05) is 0 Å². The molecule has 29 heavy (non-hydrogen) atoms. The van der Waals surface area contributed by atoms with Crippen LogP contribution in [0.4, 0.5) is 11.6 Å². The molecule has 4 aromatic heterocycles. The molecule has 0 spiro atoms. The van der Waals surface area contributed by atoms with E-state index in [2.05, 4.69) is 40.2 Å². The summed E-state index contributed by atoms with van der Waals surface area (Å²) in [7, 11) is 0. The van der Waals surface area contributed by atoms with Crippen molar-refractivity contribution in [3.8, 4) is 11.4 Å². The fourth-order valence-electron chi connectivity index (χ4n) is 2.73. The highest BCUT2D eigenvalue weighted by molar-refractivity contribution is 5.92. The van der Waals surface area contributed by atoms with Gasteiger partial charge >= 0.3 is 0 Å². The number of rotatable bonds is 6. The number of carbonyl (C=O) groups is 1. The molecule has 0 saturated heterocycles. The highest BCUT2D eigenvalue weighted by Gasteiger charge is 2.11. The maximum absolute atomic E-state index is 12.3. The second kappa shape index (κ2) is 7.93. The van der Waals surface area contributed by atoms with Crippen molar-refractivity contribution in [2.24, 2.45) is 0 Å². The van der Waals surface area contributed by atoms with Crippen LogP contribution in [0.3, 0.4) is 0 Å². The third-order valence-electron chi connectivity index (χ3n) is 4.14. The van der Waals surface area contributed by atoms with Crippen LogP contribution >= 0.6 is 0 Å². The number of aryl methyl sites for hydroxylation is 2. The van der Waals surface area contributed by atoms with Crippen LogP contribution in [0.15, 0.2) is 53.5 Å². The van der Waals surface area contributed by atoms with Crippen molar-refractivity contribution in [2.75, 3.05) is 5.32 Å². The zero-order valence-electron chi connectivity index (χ0n) is 16.0. The van der Waals surface area contributed by atoms with E-state index in [9.17, 15) is 4.79 Å². The first-order valence-electron chi connectivity index (χ1n) is 9.02. The van der Waals surface area contributed by atoms with E-state index in [1.807, 2.05) is 32.0 Å². The van der Waals surface area contributed by atoms with E-state index in [1.54, 1.807) is 30.9 Å². The van der Waals surface area contributed by atoms with E-state index < -0.39 is 0 Å². The number of H-pyrrole nitrogens is 1. The number of carbonyl (C=O) groups excluding carboxylic acids is 1. The molecule has 0 fully saturated rings. The number of aromatic amines is 1. The summed E-state index contributed by atoms with van der Waals surface area (Å²) in [5.41, 5.74) is 3.73. The van der Waals surface area contributed by atoms with E-state index >= 15 is 0 Å². The Labute approximate surface area is 166 Å². The van der Waals surface area contributed by atoms with Crippen molar-refractivity contribution >= 4 is 17.5 Å². The summed E-state index contributed by atoms with van der Waals surface area (Å²) in [5, 5.41) is 13.0. The summed E-state index contributed by atoms with van der Waals surface area (Å²) in [5.74, 6) is 1.57. The number of nitrogens with one attached hydrogen (secondary N) is 3. The molecule has 4 rings (SSSR count). The highest BCUT2D eigenvalue weighted by Crippen LogP contribution is 2.20. The van der Waals surface area contributed by atoms with Crippen LogP contribution in [0.5, 0.6) is 0 Å². The number of aromatic nitrogens is 5. The minimum atomic E-state index is -0.251. The first kappa shape index (κ1) is 18.4. The van der Waals surface area contributed by atoms with Crippen LogP contribution in [-0.4, -0.2) is 31.1 Å². The normalized spacial score (nSPS) is 10.7. The maximum atomic E-state index is 12.3. The largest absolute Gasteiger partial charge is 0.556 e. The second-order valence-corrected chi connectivity index (χ2v) is 6.56. The summed E-state index contributed by atoms with van der Waals surface area (Å²) in [6, 6.07) is 9.01. The van der Waals surface area contributed by atoms with Crippen molar-refractivity contribution in [2.45, 2.75) is 20.4 Å². The lowest BCUT2D eigenvalue weighted by Gasteiger charge is -2.07. The van der Waals surface area contributed by atoms with Gasteiger partial charge in [-0.3, -0.25) is 14.9 Å². The molecular weight excluding hydrogens is 370 g/mol. The van der Waals surface area contributed by atoms with Gasteiger partial charge in [0.05, 0.1) is 12.1 Å². The van der Waals surface area contributed by atoms with Crippen LogP contribution in [0.2, 0.25) is 0 Å². The van der Waals surface area contributed by atoms with Gasteiger partial charge in [-0.2, -0.15) is 5.10 Å². The molecule has 4 aromatic rings. The van der Waals surface area contributed by atoms with Crippen LogP contribution in [0.25, 0.3) is 11.4 Å². The lowest BCUT2D eigenvalue weighted by atomic mass is 10.2. The van der Waals surface area contributed by atoms with Crippen molar-refractivity contribution in [3.05, 3.63) is 71.7 Å². The quantitative estimate of drug-likeness (QED) is 0.435. The minimum Gasteiger partial charge on any atom is -0.556 e. The second-order valence-electron chi connectivity index (χ2n) is 6.56. The summed E-state index contributed by atoms with van der Waals surface area (Å²) in [4.78, 5) is 25.5. The van der Waals surface area contributed by atoms with Gasteiger partial charge in [0, 0.05) is 41.3 Å². The standard InChI is InChI=1S/C20H19N7O2/c1-12-7-17(24-18-8-13(2)26-27-18)25-19(23-12)15-3-4-16(21-10-15)20(28)22-9-14-5-6-29-11-14/h3-8,10-11H,9H2,1-2H3,(H,22,28)(H2,23,24,25,26,27)/p+1. The first-order valence-corrected chi connectivity index (χ1v) is 9.02. The molecule has 9 heteroatoms. The molecule has 146 valence electrons. The van der Waals surface area contributed by atoms with E-state index in [0.29, 0.717) is 35.3 Å². The van der Waals surface area contributed by atoms with Crippen molar-refractivity contribution < 1.29 is 9.21 Å². The Morgan fingerprint density at radius 3 is 2.72 bits per heavy atom. The number of pyridine rings is 1. The van der Waals surface area contributed by atoms with Crippen molar-refractivity contribution in [1.29, 1.82) is 0 Å². The van der Waals surface area contributed by atoms with Crippen LogP contribution in [0.1, 0.15) is 27.4 Å². The van der Waals surface area contributed by atoms with E-state index in [-0.39, 0.29) is 5.91 Å². The molecule has 0 saturated carbocycles. The third kappa shape index (κ3) is 4.46. The molecule has 0 aliphatic heterocycles. The van der Waals surface area contributed by atoms with Gasteiger partial charge in [-0.15, -0.1) is 0 Å². The number of furan rings is 1. The monoisotopic (exact) mass is 390 g/mol. The molecule has 0 radical (unpaired) electrons. The summed E-state index contributed by atoms with van der Waals surface area (Å²) < 4.78 is 3.97. The Kier molecular flexibility index (Phi) is 5.02. The van der Waals surface area contributed by atoms with Crippen LogP contribution < -0.4 is 10.6 Å². The zero-order valence-corrected chi connectivity index (χ0v) is 16.0. The lowest BCUT2D eigenvalue weighted by molar-refractivity contribution is 0.0946. The average molecular weight is 390 g/mol. The zero-order chi connectivity index (χ0) is 20.2. The SMILES string of the molecule is Cc1cc(Nc2cc(C)[nH]n2)nc(-c2ccc(C(=O)NCc3cc[oH+]c3)nc2)n1. The topological polar surface area (TPSA) is 121 Å². The molecule has 0 aliphatic rings. The molecule has 0 aromatic carbocycles. The molecule has 9 nitrogen and oxygen atoms in total. The van der Waals surface area contributed by atoms with Gasteiger partial charge in [0.1, 0.15) is 11.5 Å². The highest BCUT2D eigenvalue weighted by atomic mass is 16.3. The third-order valence-corrected chi connectivity index (χ3v) is 4.14. The van der Waals surface area contributed by atoms with Crippen LogP contribution in [0, 0.1) is 13.8 Å². The summed E-state index contributed by atoms with van der Waals surface area (Å²) >= 11 is 0. The molecule has 4 heterocycles. The molecule has 0 unspecified atom stereocenters. The minimum absolute atomic E-state index is 0.251. The summed E-state index contributed by atoms with van der Waals surface area (Å²) in [6.45, 7) is 4.22. The van der Waals surface area contributed by atoms with E-state index in [1.165, 1.54) is 0 Å². The summed E-state index contributed by atoms with van der Waals surface area (Å²) in [6.07, 6.45) is 4.99. The Bertz CT molecular complexity index is 1120. The number of hydrogen-bond acceptors (Lipinski definition) is 6. The molecule has 0 atom stereocenters. The Balaban J connectivity index is 1.48. The number of anilines is 2. The lowest BCUT2D eigenvalue weighted by Crippen LogP contribution is -2.23. The van der Waals surface area contributed by atoms with E-state index in [0.717, 1.165) is 17.0 Å². The molecule has 4 N–H and O–H groups in total. The Morgan fingerprint density at radius 2 is 2.03 bits per heavy atom. The van der Waals surface area contributed by atoms with Gasteiger partial charge in [-0.25, -0.2) is 9.97 Å². The van der Waals surface area contributed by atoms with Gasteiger partial charge in [0.15, 0.2) is 11.6 Å². The Hall–Kier alpha value is -4.01. The smallest absolute Gasteiger partial charge is 0.270 e. The van der Waals surface area contributed by atoms with Gasteiger partial charge in [0.2, 0.25) is 12.5 Å². The Morgan fingerprint density at radius 1 is 1.14 bits per heavy atom. The maximum Gasteiger partial charge on any atom is 0.270 e. The molecule has 0 bridgehead atoms. The van der Waals surface area contributed by atoms with Crippen molar-refractivity contribution in [1.82, 2.24) is 30.5 Å². The fraction of sp³-hybridized carbons (Fsp3) is 0.150. The first-order chi connectivity index (χ1) is 14.1.